The van der Waals surface area contributed by atoms with E-state index in [2.05, 4.69) is 10.9 Å². The number of amides is 2. The van der Waals surface area contributed by atoms with Crippen molar-refractivity contribution in [3.63, 3.8) is 0 Å². The molecule has 0 bridgehead atoms. The van der Waals surface area contributed by atoms with E-state index in [1.807, 2.05) is 6.07 Å². The molecule has 0 saturated heterocycles. The first-order valence-electron chi connectivity index (χ1n) is 7.33. The standard InChI is InChI=1S/C18H13ClFN3O3/c19-14-9-12(5-7-15(14)20)6-8-17(24)22-23-18(25)11-26-16-4-2-1-3-13(16)10-21/h1-9H,11H2,(H,22,24)(H,23,25)/b8-6+. The number of carbonyl (C=O) groups excluding carboxylic acids is 2. The normalized spacial score (nSPS) is 10.2. The van der Waals surface area contributed by atoms with E-state index in [0.717, 1.165) is 6.08 Å². The van der Waals surface area contributed by atoms with Gasteiger partial charge in [0.05, 0.1) is 10.6 Å². The number of para-hydroxylation sites is 1. The second kappa shape index (κ2) is 9.20. The van der Waals surface area contributed by atoms with E-state index >= 15 is 0 Å². The zero-order valence-corrected chi connectivity index (χ0v) is 14.1. The van der Waals surface area contributed by atoms with Crippen molar-refractivity contribution in [3.05, 3.63) is 70.5 Å². The fourth-order valence-electron chi connectivity index (χ4n) is 1.83. The van der Waals surface area contributed by atoms with Crippen molar-refractivity contribution in [1.29, 1.82) is 5.26 Å². The third kappa shape index (κ3) is 5.61. The van der Waals surface area contributed by atoms with Crippen LogP contribution in [0.2, 0.25) is 5.02 Å². The summed E-state index contributed by atoms with van der Waals surface area (Å²) in [6, 6.07) is 12.4. The number of carbonyl (C=O) groups is 2. The molecule has 6 nitrogen and oxygen atoms in total. The van der Waals surface area contributed by atoms with Gasteiger partial charge >= 0.3 is 0 Å². The van der Waals surface area contributed by atoms with Crippen molar-refractivity contribution in [1.82, 2.24) is 10.9 Å². The lowest BCUT2D eigenvalue weighted by molar-refractivity contribution is -0.128. The third-order valence-electron chi connectivity index (χ3n) is 3.06. The minimum atomic E-state index is -0.607. The lowest BCUT2D eigenvalue weighted by atomic mass is 10.2. The van der Waals surface area contributed by atoms with Crippen LogP contribution < -0.4 is 15.6 Å². The van der Waals surface area contributed by atoms with Crippen LogP contribution in [0.1, 0.15) is 11.1 Å². The number of nitrogens with one attached hydrogen (secondary N) is 2. The number of benzene rings is 2. The molecule has 0 aliphatic carbocycles. The minimum absolute atomic E-state index is 0.0596. The molecule has 0 spiro atoms. The van der Waals surface area contributed by atoms with Crippen molar-refractivity contribution >= 4 is 29.5 Å². The van der Waals surface area contributed by atoms with Crippen LogP contribution in [0, 0.1) is 17.1 Å². The SMILES string of the molecule is N#Cc1ccccc1OCC(=O)NNC(=O)/C=C/c1ccc(F)c(Cl)c1. The topological polar surface area (TPSA) is 91.2 Å². The van der Waals surface area contributed by atoms with Gasteiger partial charge in [-0.25, -0.2) is 4.39 Å². The van der Waals surface area contributed by atoms with Gasteiger partial charge in [0.2, 0.25) is 0 Å². The highest BCUT2D eigenvalue weighted by atomic mass is 35.5. The molecule has 2 amide bonds. The number of nitriles is 1. The summed E-state index contributed by atoms with van der Waals surface area (Å²) in [5, 5.41) is 8.86. The van der Waals surface area contributed by atoms with Crippen LogP contribution in [0.3, 0.4) is 0 Å². The maximum atomic E-state index is 13.0. The highest BCUT2D eigenvalue weighted by Gasteiger charge is 2.07. The van der Waals surface area contributed by atoms with Crippen molar-refractivity contribution in [2.45, 2.75) is 0 Å². The van der Waals surface area contributed by atoms with Gasteiger partial charge in [0.15, 0.2) is 6.61 Å². The molecule has 2 rings (SSSR count). The number of hydrogen-bond acceptors (Lipinski definition) is 4. The Balaban J connectivity index is 1.79. The number of rotatable bonds is 5. The third-order valence-corrected chi connectivity index (χ3v) is 3.35. The highest BCUT2D eigenvalue weighted by molar-refractivity contribution is 6.30. The Hall–Kier alpha value is -3.37. The Morgan fingerprint density at radius 1 is 1.23 bits per heavy atom. The fourth-order valence-corrected chi connectivity index (χ4v) is 2.01. The van der Waals surface area contributed by atoms with E-state index in [0.29, 0.717) is 11.1 Å². The summed E-state index contributed by atoms with van der Waals surface area (Å²) in [4.78, 5) is 23.3. The average Bonchev–Trinajstić information content (AvgIpc) is 2.65. The maximum absolute atomic E-state index is 13.0. The molecule has 132 valence electrons. The Labute approximate surface area is 153 Å². The van der Waals surface area contributed by atoms with E-state index in [-0.39, 0.29) is 17.4 Å². The van der Waals surface area contributed by atoms with Crippen LogP contribution >= 0.6 is 11.6 Å². The van der Waals surface area contributed by atoms with E-state index < -0.39 is 17.6 Å². The van der Waals surface area contributed by atoms with Gasteiger partial charge in [-0.05, 0) is 35.9 Å². The summed E-state index contributed by atoms with van der Waals surface area (Å²) in [5.41, 5.74) is 5.15. The van der Waals surface area contributed by atoms with Crippen molar-refractivity contribution < 1.29 is 18.7 Å². The first kappa shape index (κ1) is 19.0. The summed E-state index contributed by atoms with van der Waals surface area (Å²) in [5.74, 6) is -1.50. The summed E-state index contributed by atoms with van der Waals surface area (Å²) in [7, 11) is 0. The van der Waals surface area contributed by atoms with E-state index in [1.54, 1.807) is 24.3 Å². The number of hydrogen-bond donors (Lipinski definition) is 2. The molecule has 0 aliphatic rings. The first-order chi connectivity index (χ1) is 12.5. The predicted molar refractivity (Wildman–Crippen MR) is 93.4 cm³/mol. The van der Waals surface area contributed by atoms with Crippen molar-refractivity contribution in [3.8, 4) is 11.8 Å². The van der Waals surface area contributed by atoms with Gasteiger partial charge in [-0.15, -0.1) is 0 Å². The van der Waals surface area contributed by atoms with Crippen LogP contribution in [0.5, 0.6) is 5.75 Å². The molecule has 0 aromatic heterocycles. The number of halogens is 2. The Morgan fingerprint density at radius 3 is 2.73 bits per heavy atom. The largest absolute Gasteiger partial charge is 0.482 e. The molecule has 0 radical (unpaired) electrons. The van der Waals surface area contributed by atoms with Gasteiger partial charge in [-0.2, -0.15) is 5.26 Å². The number of nitrogens with zero attached hydrogens (tertiary/aromatic N) is 1. The molecule has 2 aromatic rings. The van der Waals surface area contributed by atoms with Crippen molar-refractivity contribution in [2.24, 2.45) is 0 Å². The minimum Gasteiger partial charge on any atom is -0.482 e. The quantitative estimate of drug-likeness (QED) is 0.622. The molecule has 8 heteroatoms. The van der Waals surface area contributed by atoms with E-state index in [9.17, 15) is 14.0 Å². The Morgan fingerprint density at radius 2 is 2.00 bits per heavy atom. The molecular weight excluding hydrogens is 361 g/mol. The molecule has 0 heterocycles. The van der Waals surface area contributed by atoms with E-state index in [1.165, 1.54) is 24.3 Å². The molecule has 0 aliphatic heterocycles. The molecule has 0 atom stereocenters. The van der Waals surface area contributed by atoms with Gasteiger partial charge in [0, 0.05) is 6.08 Å². The van der Waals surface area contributed by atoms with Crippen LogP contribution in [0.25, 0.3) is 6.08 Å². The van der Waals surface area contributed by atoms with Crippen LogP contribution in [0.4, 0.5) is 4.39 Å². The smallest absolute Gasteiger partial charge is 0.276 e. The van der Waals surface area contributed by atoms with Gasteiger partial charge in [-0.1, -0.05) is 29.8 Å². The zero-order valence-electron chi connectivity index (χ0n) is 13.3. The number of hydrazine groups is 1. The molecule has 0 unspecified atom stereocenters. The van der Waals surface area contributed by atoms with Crippen LogP contribution in [-0.4, -0.2) is 18.4 Å². The van der Waals surface area contributed by atoms with Gasteiger partial charge in [-0.3, -0.25) is 20.4 Å². The van der Waals surface area contributed by atoms with E-state index in [4.69, 9.17) is 21.6 Å². The fraction of sp³-hybridized carbons (Fsp3) is 0.0556. The molecule has 0 saturated carbocycles. The molecule has 26 heavy (non-hydrogen) atoms. The monoisotopic (exact) mass is 373 g/mol. The van der Waals surface area contributed by atoms with Gasteiger partial charge in [0.1, 0.15) is 17.6 Å². The number of ether oxygens (including phenoxy) is 1. The Bertz CT molecular complexity index is 893. The predicted octanol–water partition coefficient (Wildman–Crippen LogP) is 2.59. The summed E-state index contributed by atoms with van der Waals surface area (Å²) < 4.78 is 18.3. The molecule has 2 aromatic carbocycles. The molecule has 0 fully saturated rings. The van der Waals surface area contributed by atoms with Crippen LogP contribution in [-0.2, 0) is 9.59 Å². The summed E-state index contributed by atoms with van der Waals surface area (Å²) in [6.45, 7) is -0.379. The van der Waals surface area contributed by atoms with Gasteiger partial charge in [0.25, 0.3) is 11.8 Å². The maximum Gasteiger partial charge on any atom is 0.276 e. The highest BCUT2D eigenvalue weighted by Crippen LogP contribution is 2.17. The lowest BCUT2D eigenvalue weighted by Gasteiger charge is -2.08. The van der Waals surface area contributed by atoms with Gasteiger partial charge < -0.3 is 4.74 Å². The lowest BCUT2D eigenvalue weighted by Crippen LogP contribution is -2.43. The molecular formula is C18H13ClFN3O3. The summed E-state index contributed by atoms with van der Waals surface area (Å²) >= 11 is 5.64. The Kier molecular flexibility index (Phi) is 6.71. The average molecular weight is 374 g/mol. The summed E-state index contributed by atoms with van der Waals surface area (Å²) in [6.07, 6.45) is 2.56. The molecule has 2 N–H and O–H groups in total. The van der Waals surface area contributed by atoms with Crippen molar-refractivity contribution in [2.75, 3.05) is 6.61 Å². The first-order valence-corrected chi connectivity index (χ1v) is 7.71. The second-order valence-electron chi connectivity index (χ2n) is 4.94. The zero-order chi connectivity index (χ0) is 18.9. The second-order valence-corrected chi connectivity index (χ2v) is 5.35. The van der Waals surface area contributed by atoms with Crippen LogP contribution in [0.15, 0.2) is 48.5 Å².